The van der Waals surface area contributed by atoms with Gasteiger partial charge in [0.1, 0.15) is 0 Å². The zero-order valence-corrected chi connectivity index (χ0v) is 7.23. The number of rotatable bonds is 1. The fourth-order valence-corrected chi connectivity index (χ4v) is 1.09. The highest BCUT2D eigenvalue weighted by molar-refractivity contribution is 6.04. The minimum Gasteiger partial charge on any atom is -0.293 e. The van der Waals surface area contributed by atoms with Gasteiger partial charge in [0, 0.05) is 0 Å². The lowest BCUT2D eigenvalue weighted by Crippen LogP contribution is -2.70. The summed E-state index contributed by atoms with van der Waals surface area (Å²) in [5, 5.41) is 4.16. The number of carbonyl (C=O) groups excluding carboxylic acids is 2. The second-order valence-corrected chi connectivity index (χ2v) is 3.19. The van der Waals surface area contributed by atoms with Gasteiger partial charge in [-0.15, -0.1) is 0 Å². The lowest BCUT2D eigenvalue weighted by atomic mass is 9.97. The molecule has 0 spiro atoms. The van der Waals surface area contributed by atoms with E-state index in [0.29, 0.717) is 0 Å². The first kappa shape index (κ1) is 10.0. The van der Waals surface area contributed by atoms with Gasteiger partial charge >= 0.3 is 0 Å². The van der Waals surface area contributed by atoms with Gasteiger partial charge in [0.2, 0.25) is 5.91 Å². The van der Waals surface area contributed by atoms with E-state index in [4.69, 9.17) is 0 Å². The number of alkyl halides is 2. The van der Waals surface area contributed by atoms with Crippen LogP contribution in [0.25, 0.3) is 0 Å². The van der Waals surface area contributed by atoms with E-state index in [1.54, 1.807) is 0 Å². The quantitative estimate of drug-likeness (QED) is 0.558. The second-order valence-electron chi connectivity index (χ2n) is 3.19. The third-order valence-corrected chi connectivity index (χ3v) is 2.05. The average molecular weight is 192 g/mol. The highest BCUT2D eigenvalue weighted by Crippen LogP contribution is 2.19. The number of carbonyl (C=O) groups is 2. The molecule has 2 N–H and O–H groups in total. The smallest absolute Gasteiger partial charge is 0.265 e. The topological polar surface area (TPSA) is 58.2 Å². The molecule has 0 aliphatic carbocycles. The molecule has 0 radical (unpaired) electrons. The Hall–Kier alpha value is -1.04. The highest BCUT2D eigenvalue weighted by Gasteiger charge is 2.48. The molecule has 1 heterocycles. The number of amides is 2. The van der Waals surface area contributed by atoms with E-state index >= 15 is 0 Å². The summed E-state index contributed by atoms with van der Waals surface area (Å²) in [6.07, 6.45) is -2.84. The number of halogens is 2. The number of hydrogen-bond donors (Lipinski definition) is 2. The fourth-order valence-electron chi connectivity index (χ4n) is 1.09. The summed E-state index contributed by atoms with van der Waals surface area (Å²) in [5.41, 5.74) is -1.96. The van der Waals surface area contributed by atoms with E-state index in [2.05, 4.69) is 5.32 Å². The largest absolute Gasteiger partial charge is 0.293 e. The Morgan fingerprint density at radius 3 is 2.46 bits per heavy atom. The molecular weight excluding hydrogens is 182 g/mol. The van der Waals surface area contributed by atoms with Crippen LogP contribution in [0.3, 0.4) is 0 Å². The maximum absolute atomic E-state index is 12.4. The monoisotopic (exact) mass is 192 g/mol. The van der Waals surface area contributed by atoms with Gasteiger partial charge in [-0.25, -0.2) is 8.78 Å². The van der Waals surface area contributed by atoms with E-state index in [9.17, 15) is 18.4 Å². The van der Waals surface area contributed by atoms with Gasteiger partial charge in [-0.2, -0.15) is 0 Å². The molecule has 2 atom stereocenters. The average Bonchev–Trinajstić information content (AvgIpc) is 2.01. The summed E-state index contributed by atoms with van der Waals surface area (Å²) in [6, 6.07) is -0.781. The van der Waals surface area contributed by atoms with E-state index in [1.165, 1.54) is 6.92 Å². The van der Waals surface area contributed by atoms with Crippen LogP contribution in [0.2, 0.25) is 0 Å². The molecule has 1 saturated heterocycles. The lowest BCUT2D eigenvalue weighted by Gasteiger charge is -2.35. The van der Waals surface area contributed by atoms with Gasteiger partial charge in [-0.05, 0) is 13.8 Å². The Labute approximate surface area is 73.7 Å². The van der Waals surface area contributed by atoms with E-state index < -0.39 is 29.8 Å². The molecule has 0 aromatic heterocycles. The Balaban J connectivity index is 2.89. The van der Waals surface area contributed by atoms with Crippen molar-refractivity contribution in [2.24, 2.45) is 0 Å². The van der Waals surface area contributed by atoms with Crippen molar-refractivity contribution in [3.8, 4) is 0 Å². The van der Waals surface area contributed by atoms with Gasteiger partial charge in [0.05, 0.1) is 6.04 Å². The van der Waals surface area contributed by atoms with E-state index in [-0.39, 0.29) is 0 Å². The van der Waals surface area contributed by atoms with Crippen molar-refractivity contribution in [3.05, 3.63) is 0 Å². The standard InChI is InChI=1S/C7H10F2N2O2/c1-3-4(12)10-6(13)7(2,11-3)5(8)9/h3,5,11H,1-2H3,(H,10,12,13). The van der Waals surface area contributed by atoms with Crippen LogP contribution in [0.4, 0.5) is 8.78 Å². The first-order valence-electron chi connectivity index (χ1n) is 3.79. The first-order chi connectivity index (χ1) is 5.88. The fraction of sp³-hybridized carbons (Fsp3) is 0.714. The van der Waals surface area contributed by atoms with Gasteiger partial charge in [0.15, 0.2) is 5.54 Å². The molecule has 13 heavy (non-hydrogen) atoms. The molecule has 2 unspecified atom stereocenters. The van der Waals surface area contributed by atoms with Crippen LogP contribution in [0.15, 0.2) is 0 Å². The number of imide groups is 1. The molecule has 6 heteroatoms. The molecule has 74 valence electrons. The number of piperazine rings is 1. The van der Waals surface area contributed by atoms with Gasteiger partial charge < -0.3 is 0 Å². The molecule has 0 saturated carbocycles. The third-order valence-electron chi connectivity index (χ3n) is 2.05. The highest BCUT2D eigenvalue weighted by atomic mass is 19.3. The Kier molecular flexibility index (Phi) is 2.34. The molecular formula is C7H10F2N2O2. The summed E-state index contributed by atoms with van der Waals surface area (Å²) in [6.45, 7) is 2.48. The molecule has 4 nitrogen and oxygen atoms in total. The van der Waals surface area contributed by atoms with Crippen LogP contribution >= 0.6 is 0 Å². The Morgan fingerprint density at radius 1 is 1.46 bits per heavy atom. The van der Waals surface area contributed by atoms with Crippen molar-refractivity contribution in [1.29, 1.82) is 0 Å². The van der Waals surface area contributed by atoms with Crippen molar-refractivity contribution in [3.63, 3.8) is 0 Å². The zero-order valence-electron chi connectivity index (χ0n) is 7.23. The lowest BCUT2D eigenvalue weighted by molar-refractivity contribution is -0.145. The normalized spacial score (nSPS) is 35.0. The molecule has 0 aromatic carbocycles. The van der Waals surface area contributed by atoms with E-state index in [0.717, 1.165) is 6.92 Å². The first-order valence-corrected chi connectivity index (χ1v) is 3.79. The number of nitrogens with one attached hydrogen (secondary N) is 2. The maximum Gasteiger partial charge on any atom is 0.265 e. The van der Waals surface area contributed by atoms with Gasteiger partial charge in [-0.3, -0.25) is 20.2 Å². The van der Waals surface area contributed by atoms with Crippen molar-refractivity contribution in [2.75, 3.05) is 0 Å². The van der Waals surface area contributed by atoms with Crippen LogP contribution in [0, 0.1) is 0 Å². The molecule has 0 bridgehead atoms. The summed E-state index contributed by atoms with van der Waals surface area (Å²) in [5.74, 6) is -1.56. The second kappa shape index (κ2) is 3.02. The van der Waals surface area contributed by atoms with E-state index in [1.807, 2.05) is 5.32 Å². The van der Waals surface area contributed by atoms with Crippen LogP contribution in [-0.4, -0.2) is 29.8 Å². The SMILES string of the molecule is CC1NC(C)(C(F)F)C(=O)NC1=O. The van der Waals surface area contributed by atoms with Crippen LogP contribution in [0.1, 0.15) is 13.8 Å². The molecule has 1 aliphatic rings. The van der Waals surface area contributed by atoms with Gasteiger partial charge in [0.25, 0.3) is 12.3 Å². The predicted octanol–water partition coefficient (Wildman–Crippen LogP) is -0.355. The van der Waals surface area contributed by atoms with Gasteiger partial charge in [-0.1, -0.05) is 0 Å². The Morgan fingerprint density at radius 2 is 2.00 bits per heavy atom. The van der Waals surface area contributed by atoms with Crippen molar-refractivity contribution >= 4 is 11.8 Å². The molecule has 0 aromatic rings. The zero-order chi connectivity index (χ0) is 10.2. The Bertz CT molecular complexity index is 257. The van der Waals surface area contributed by atoms with Crippen molar-refractivity contribution < 1.29 is 18.4 Å². The van der Waals surface area contributed by atoms with Crippen LogP contribution in [-0.2, 0) is 9.59 Å². The predicted molar refractivity (Wildman–Crippen MR) is 40.2 cm³/mol. The third kappa shape index (κ3) is 1.53. The van der Waals surface area contributed by atoms with Crippen LogP contribution in [0.5, 0.6) is 0 Å². The molecule has 1 fully saturated rings. The summed E-state index contributed by atoms with van der Waals surface area (Å²) >= 11 is 0. The maximum atomic E-state index is 12.4. The van der Waals surface area contributed by atoms with Crippen molar-refractivity contribution in [1.82, 2.24) is 10.6 Å². The van der Waals surface area contributed by atoms with Crippen LogP contribution < -0.4 is 10.6 Å². The van der Waals surface area contributed by atoms with Crippen molar-refractivity contribution in [2.45, 2.75) is 31.9 Å². The molecule has 1 rings (SSSR count). The summed E-state index contributed by atoms with van der Waals surface area (Å²) in [4.78, 5) is 21.9. The molecule has 1 aliphatic heterocycles. The number of hydrogen-bond acceptors (Lipinski definition) is 3. The summed E-state index contributed by atoms with van der Waals surface area (Å²) < 4.78 is 24.8. The molecule has 2 amide bonds. The summed E-state index contributed by atoms with van der Waals surface area (Å²) in [7, 11) is 0. The minimum absolute atomic E-state index is 0.580. The minimum atomic E-state index is -2.84.